The number of carbonyl (C=O) groups excluding carboxylic acids is 1. The van der Waals surface area contributed by atoms with Crippen LogP contribution < -0.4 is 5.32 Å². The number of hydrogen-bond donors (Lipinski definition) is 1. The van der Waals surface area contributed by atoms with Crippen molar-refractivity contribution in [3.05, 3.63) is 47.6 Å². The van der Waals surface area contributed by atoms with Gasteiger partial charge in [-0.1, -0.05) is 11.2 Å². The number of likely N-dealkylation sites (tertiary alicyclic amines) is 1. The summed E-state index contributed by atoms with van der Waals surface area (Å²) in [6.07, 6.45) is 4.40. The van der Waals surface area contributed by atoms with E-state index in [9.17, 15) is 4.79 Å². The summed E-state index contributed by atoms with van der Waals surface area (Å²) in [6.45, 7) is 3.22. The van der Waals surface area contributed by atoms with E-state index in [-0.39, 0.29) is 12.1 Å². The zero-order valence-corrected chi connectivity index (χ0v) is 12.7. The van der Waals surface area contributed by atoms with Crippen LogP contribution in [0.2, 0.25) is 0 Å². The van der Waals surface area contributed by atoms with Crippen LogP contribution in [0.3, 0.4) is 0 Å². The lowest BCUT2D eigenvalue weighted by Gasteiger charge is -2.23. The number of aryl methyl sites for hydroxylation is 1. The van der Waals surface area contributed by atoms with Crippen molar-refractivity contribution in [3.63, 3.8) is 0 Å². The minimum absolute atomic E-state index is 0.00366. The molecule has 6 heteroatoms. The maximum atomic E-state index is 12.4. The number of urea groups is 1. The molecule has 1 saturated heterocycles. The monoisotopic (exact) mass is 300 g/mol. The summed E-state index contributed by atoms with van der Waals surface area (Å²) in [4.78, 5) is 18.4. The standard InChI is InChI=1S/C16H20N4O2/c1-12-11-15(22-19-12)14-6-4-10-20(14)16(21)18-9-7-13-5-2-3-8-17-13/h2-3,5,8,11,14H,4,6-7,9-10H2,1H3,(H,18,21). The Morgan fingerprint density at radius 2 is 2.41 bits per heavy atom. The topological polar surface area (TPSA) is 71.3 Å². The molecular weight excluding hydrogens is 280 g/mol. The maximum Gasteiger partial charge on any atom is 0.318 e. The molecule has 0 saturated carbocycles. The SMILES string of the molecule is Cc1cc(C2CCCN2C(=O)NCCc2ccccn2)on1. The predicted molar refractivity (Wildman–Crippen MR) is 81.3 cm³/mol. The van der Waals surface area contributed by atoms with Gasteiger partial charge in [0, 0.05) is 37.5 Å². The molecule has 6 nitrogen and oxygen atoms in total. The van der Waals surface area contributed by atoms with Crippen LogP contribution in [0.4, 0.5) is 4.79 Å². The van der Waals surface area contributed by atoms with E-state index in [1.807, 2.05) is 36.1 Å². The molecule has 1 aliphatic rings. The van der Waals surface area contributed by atoms with E-state index in [1.165, 1.54) is 0 Å². The normalized spacial score (nSPS) is 17.7. The van der Waals surface area contributed by atoms with Gasteiger partial charge < -0.3 is 14.7 Å². The Morgan fingerprint density at radius 3 is 3.14 bits per heavy atom. The fourth-order valence-electron chi connectivity index (χ4n) is 2.79. The molecule has 116 valence electrons. The first kappa shape index (κ1) is 14.6. The average Bonchev–Trinajstić information content (AvgIpc) is 3.16. The Bertz CT molecular complexity index is 626. The minimum Gasteiger partial charge on any atom is -0.359 e. The number of aromatic nitrogens is 2. The molecule has 2 aromatic rings. The number of pyridine rings is 1. The minimum atomic E-state index is -0.0486. The summed E-state index contributed by atoms with van der Waals surface area (Å²) in [6, 6.07) is 7.65. The van der Waals surface area contributed by atoms with Crippen molar-refractivity contribution in [2.24, 2.45) is 0 Å². The molecule has 0 radical (unpaired) electrons. The van der Waals surface area contributed by atoms with Crippen molar-refractivity contribution in [3.8, 4) is 0 Å². The van der Waals surface area contributed by atoms with Crippen LogP contribution in [0.1, 0.15) is 36.0 Å². The van der Waals surface area contributed by atoms with E-state index in [0.717, 1.165) is 43.0 Å². The molecule has 1 fully saturated rings. The van der Waals surface area contributed by atoms with Gasteiger partial charge in [0.2, 0.25) is 0 Å². The van der Waals surface area contributed by atoms with Gasteiger partial charge in [-0.2, -0.15) is 0 Å². The highest BCUT2D eigenvalue weighted by atomic mass is 16.5. The summed E-state index contributed by atoms with van der Waals surface area (Å²) >= 11 is 0. The third-order valence-electron chi connectivity index (χ3n) is 3.87. The second-order valence-corrected chi connectivity index (χ2v) is 5.53. The van der Waals surface area contributed by atoms with Gasteiger partial charge in [0.25, 0.3) is 0 Å². The Morgan fingerprint density at radius 1 is 1.50 bits per heavy atom. The molecule has 0 aromatic carbocycles. The molecule has 2 aromatic heterocycles. The van der Waals surface area contributed by atoms with E-state index in [1.54, 1.807) is 6.20 Å². The molecule has 1 atom stereocenters. The first-order valence-corrected chi connectivity index (χ1v) is 7.61. The number of nitrogens with one attached hydrogen (secondary N) is 1. The Labute approximate surface area is 129 Å². The number of nitrogens with zero attached hydrogens (tertiary/aromatic N) is 3. The molecule has 0 bridgehead atoms. The van der Waals surface area contributed by atoms with Gasteiger partial charge >= 0.3 is 6.03 Å². The van der Waals surface area contributed by atoms with Gasteiger partial charge in [-0.15, -0.1) is 0 Å². The molecule has 0 aliphatic carbocycles. The highest BCUT2D eigenvalue weighted by molar-refractivity contribution is 5.75. The summed E-state index contributed by atoms with van der Waals surface area (Å²) < 4.78 is 5.32. The lowest BCUT2D eigenvalue weighted by Crippen LogP contribution is -2.40. The molecular formula is C16H20N4O2. The van der Waals surface area contributed by atoms with E-state index in [4.69, 9.17) is 4.52 Å². The maximum absolute atomic E-state index is 12.4. The molecule has 1 N–H and O–H groups in total. The second kappa shape index (κ2) is 6.60. The lowest BCUT2D eigenvalue weighted by atomic mass is 10.1. The van der Waals surface area contributed by atoms with E-state index in [2.05, 4.69) is 15.5 Å². The van der Waals surface area contributed by atoms with Crippen LogP contribution in [0.15, 0.2) is 35.0 Å². The fraction of sp³-hybridized carbons (Fsp3) is 0.438. The van der Waals surface area contributed by atoms with Gasteiger partial charge in [-0.05, 0) is 31.9 Å². The van der Waals surface area contributed by atoms with Gasteiger partial charge in [-0.25, -0.2) is 4.79 Å². The van der Waals surface area contributed by atoms with Gasteiger partial charge in [0.1, 0.15) is 0 Å². The van der Waals surface area contributed by atoms with Crippen LogP contribution >= 0.6 is 0 Å². The number of amides is 2. The van der Waals surface area contributed by atoms with Crippen molar-refractivity contribution in [2.45, 2.75) is 32.2 Å². The third kappa shape index (κ3) is 3.27. The van der Waals surface area contributed by atoms with E-state index >= 15 is 0 Å². The van der Waals surface area contributed by atoms with Gasteiger partial charge in [-0.3, -0.25) is 4.98 Å². The zero-order chi connectivity index (χ0) is 15.4. The van der Waals surface area contributed by atoms with Crippen molar-refractivity contribution >= 4 is 6.03 Å². The Balaban J connectivity index is 1.55. The first-order chi connectivity index (χ1) is 10.7. The van der Waals surface area contributed by atoms with Crippen molar-refractivity contribution in [1.29, 1.82) is 0 Å². The average molecular weight is 300 g/mol. The highest BCUT2D eigenvalue weighted by Crippen LogP contribution is 2.32. The Kier molecular flexibility index (Phi) is 4.37. The first-order valence-electron chi connectivity index (χ1n) is 7.61. The molecule has 1 unspecified atom stereocenters. The number of carbonyl (C=O) groups is 1. The van der Waals surface area contributed by atoms with Crippen LogP contribution in [0, 0.1) is 6.92 Å². The molecule has 3 heterocycles. The smallest absolute Gasteiger partial charge is 0.318 e. The van der Waals surface area contributed by atoms with Crippen molar-refractivity contribution in [2.75, 3.05) is 13.1 Å². The lowest BCUT2D eigenvalue weighted by molar-refractivity contribution is 0.182. The summed E-state index contributed by atoms with van der Waals surface area (Å²) in [5.74, 6) is 0.773. The van der Waals surface area contributed by atoms with Crippen LogP contribution in [-0.4, -0.2) is 34.2 Å². The van der Waals surface area contributed by atoms with Gasteiger partial charge in [0.05, 0.1) is 11.7 Å². The van der Waals surface area contributed by atoms with Crippen LogP contribution in [0.5, 0.6) is 0 Å². The Hall–Kier alpha value is -2.37. The molecule has 1 aliphatic heterocycles. The van der Waals surface area contributed by atoms with Gasteiger partial charge in [0.15, 0.2) is 5.76 Å². The highest BCUT2D eigenvalue weighted by Gasteiger charge is 2.32. The summed E-state index contributed by atoms with van der Waals surface area (Å²) in [5.41, 5.74) is 1.82. The fourth-order valence-corrected chi connectivity index (χ4v) is 2.79. The van der Waals surface area contributed by atoms with E-state index < -0.39 is 0 Å². The summed E-state index contributed by atoms with van der Waals surface area (Å²) in [7, 11) is 0. The second-order valence-electron chi connectivity index (χ2n) is 5.53. The number of rotatable bonds is 4. The quantitative estimate of drug-likeness (QED) is 0.941. The van der Waals surface area contributed by atoms with Crippen LogP contribution in [-0.2, 0) is 6.42 Å². The molecule has 3 rings (SSSR count). The number of hydrogen-bond acceptors (Lipinski definition) is 4. The van der Waals surface area contributed by atoms with E-state index in [0.29, 0.717) is 6.54 Å². The van der Waals surface area contributed by atoms with Crippen molar-refractivity contribution in [1.82, 2.24) is 20.4 Å². The third-order valence-corrected chi connectivity index (χ3v) is 3.87. The predicted octanol–water partition coefficient (Wildman–Crippen LogP) is 2.47. The molecule has 2 amide bonds. The zero-order valence-electron chi connectivity index (χ0n) is 12.7. The summed E-state index contributed by atoms with van der Waals surface area (Å²) in [5, 5.41) is 6.88. The van der Waals surface area contributed by atoms with Crippen molar-refractivity contribution < 1.29 is 9.32 Å². The van der Waals surface area contributed by atoms with Crippen LogP contribution in [0.25, 0.3) is 0 Å². The molecule has 0 spiro atoms. The molecule has 22 heavy (non-hydrogen) atoms. The largest absolute Gasteiger partial charge is 0.359 e.